The summed E-state index contributed by atoms with van der Waals surface area (Å²) in [7, 11) is 0. The Kier molecular flexibility index (Phi) is 69.2. The van der Waals surface area contributed by atoms with Crippen molar-refractivity contribution >= 4 is 41.7 Å². The van der Waals surface area contributed by atoms with Crippen LogP contribution >= 0.6 is 0 Å². The van der Waals surface area contributed by atoms with Gasteiger partial charge < -0.3 is 35.3 Å². The number of hydrogen-bond donors (Lipinski definition) is 3. The molecule has 0 unspecified atom stereocenters. The molecule has 4 N–H and O–H groups in total. The van der Waals surface area contributed by atoms with Gasteiger partial charge in [-0.3, -0.25) is 9.59 Å². The van der Waals surface area contributed by atoms with Crippen molar-refractivity contribution in [3.05, 3.63) is 0 Å². The van der Waals surface area contributed by atoms with Gasteiger partial charge in [-0.05, 0) is 25.7 Å². The average molecular weight is 1370 g/mol. The normalized spacial score (nSPS) is 12.0. The number of nitrogens with one attached hydrogen (secondary N) is 2. The predicted molar refractivity (Wildman–Crippen MR) is 410 cm³/mol. The summed E-state index contributed by atoms with van der Waals surface area (Å²) in [6.45, 7) is 10.1. The Morgan fingerprint density at radius 2 is 0.423 bits per heavy atom. The highest BCUT2D eigenvalue weighted by Crippen LogP contribution is 2.21. The largest absolute Gasteiger partial charge is 0.466 e. The number of unbranched alkanes of at least 4 members (excludes halogenated alkanes) is 60. The van der Waals surface area contributed by atoms with Crippen LogP contribution in [-0.2, 0) is 38.1 Å². The zero-order chi connectivity index (χ0) is 70.1. The van der Waals surface area contributed by atoms with E-state index in [0.29, 0.717) is 12.8 Å². The number of esters is 4. The van der Waals surface area contributed by atoms with Gasteiger partial charge >= 0.3 is 23.9 Å². The van der Waals surface area contributed by atoms with Gasteiger partial charge in [-0.15, -0.1) is 0 Å². The molecular weight excluding hydrogens is 1210 g/mol. The number of anilines is 3. The van der Waals surface area contributed by atoms with Gasteiger partial charge in [-0.2, -0.15) is 15.0 Å². The molecule has 0 bridgehead atoms. The van der Waals surface area contributed by atoms with Crippen LogP contribution in [0.5, 0.6) is 0 Å². The summed E-state index contributed by atoms with van der Waals surface area (Å²) in [4.78, 5) is 67.7. The van der Waals surface area contributed by atoms with Crippen LogP contribution in [0.15, 0.2) is 0 Å². The first-order valence-electron chi connectivity index (χ1n) is 42.4. The van der Waals surface area contributed by atoms with E-state index in [1.165, 1.54) is 321 Å². The zero-order valence-electron chi connectivity index (χ0n) is 64.3. The highest BCUT2D eigenvalue weighted by atomic mass is 16.5. The number of rotatable bonds is 78. The lowest BCUT2D eigenvalue weighted by Gasteiger charge is -2.19. The Bertz CT molecular complexity index is 1750. The molecule has 0 amide bonds. The number of carbonyl (C=O) groups excluding carboxylic acids is 4. The van der Waals surface area contributed by atoms with Crippen molar-refractivity contribution in [3.63, 3.8) is 0 Å². The Morgan fingerprint density at radius 3 is 0.608 bits per heavy atom. The van der Waals surface area contributed by atoms with E-state index in [9.17, 15) is 19.2 Å². The first-order chi connectivity index (χ1) is 47.7. The lowest BCUT2D eigenvalue weighted by Crippen LogP contribution is -2.36. The standard InChI is InChI=1S/C83H158N6O8/c1-5-9-13-17-21-25-29-33-37-41-45-49-53-57-61-65-69-94-77(90)73-75(79(92)96-71-67-63-59-55-51-47-43-39-35-31-27-23-19-15-11-7-3)85-82-87-81(84)88-83(89-82)86-76(80(93)97-72-68-64-60-56-52-48-44-40-36-32-28-24-20-16-12-8-4)74-78(91)95-70-66-62-58-54-50-46-42-38-34-30-26-22-18-14-10-6-2/h75-76H,5-74H2,1-4H3,(H4,84,85,86,87,88,89)/t75-,76-/m0/s1. The number of carbonyl (C=O) groups is 4. The van der Waals surface area contributed by atoms with Gasteiger partial charge in [0.25, 0.3) is 0 Å². The molecule has 0 aliphatic heterocycles. The van der Waals surface area contributed by atoms with Crippen LogP contribution in [0.4, 0.5) is 17.8 Å². The molecule has 0 fully saturated rings. The van der Waals surface area contributed by atoms with E-state index in [-0.39, 0.29) is 57.1 Å². The second kappa shape index (κ2) is 73.5. The van der Waals surface area contributed by atoms with Crippen molar-refractivity contribution in [2.24, 2.45) is 0 Å². The van der Waals surface area contributed by atoms with E-state index < -0.39 is 36.0 Å². The zero-order valence-corrected chi connectivity index (χ0v) is 64.3. The number of ether oxygens (including phenoxy) is 4. The van der Waals surface area contributed by atoms with Crippen molar-refractivity contribution < 1.29 is 38.1 Å². The van der Waals surface area contributed by atoms with E-state index >= 15 is 0 Å². The lowest BCUT2D eigenvalue weighted by molar-refractivity contribution is -0.151. The number of hydrogen-bond acceptors (Lipinski definition) is 14. The fraction of sp³-hybridized carbons (Fsp3) is 0.916. The maximum absolute atomic E-state index is 13.9. The SMILES string of the molecule is CCCCCCCCCCCCCCCCCCOC(=O)C[C@H](Nc1nc(N)nc(N[C@@H](CC(=O)OCCCCCCCCCCCCCCCCCC)C(=O)OCCCCCCCCCCCCCCCCCC)n1)C(=O)OCCCCCCCCCCCCCCCCCC. The monoisotopic (exact) mass is 1370 g/mol. The summed E-state index contributed by atoms with van der Waals surface area (Å²) in [6, 6.07) is -2.37. The Morgan fingerprint density at radius 1 is 0.258 bits per heavy atom. The first kappa shape index (κ1) is 91.3. The van der Waals surface area contributed by atoms with Gasteiger partial charge in [-0.1, -0.05) is 413 Å². The number of aromatic nitrogens is 3. The molecular formula is C83H158N6O8. The first-order valence-corrected chi connectivity index (χ1v) is 42.4. The van der Waals surface area contributed by atoms with Crippen LogP contribution in [-0.4, -0.2) is 77.3 Å². The summed E-state index contributed by atoms with van der Waals surface area (Å²) >= 11 is 0. The molecule has 2 atom stereocenters. The van der Waals surface area contributed by atoms with E-state index in [0.717, 1.165) is 77.0 Å². The van der Waals surface area contributed by atoms with Crippen molar-refractivity contribution in [2.75, 3.05) is 42.8 Å². The third-order valence-corrected chi connectivity index (χ3v) is 19.6. The Hall–Kier alpha value is -3.71. The third kappa shape index (κ3) is 64.2. The molecule has 14 nitrogen and oxygen atoms in total. The van der Waals surface area contributed by atoms with Crippen LogP contribution in [0.1, 0.15) is 451 Å². The molecule has 1 aromatic rings. The van der Waals surface area contributed by atoms with E-state index in [1.54, 1.807) is 0 Å². The number of nitrogen functional groups attached to an aromatic ring is 1. The lowest BCUT2D eigenvalue weighted by atomic mass is 10.0. The van der Waals surface area contributed by atoms with Gasteiger partial charge in [0.1, 0.15) is 12.1 Å². The summed E-state index contributed by atoms with van der Waals surface area (Å²) in [5.74, 6) is -2.73. The molecule has 0 spiro atoms. The average Bonchev–Trinajstić information content (AvgIpc) is 0.945. The smallest absolute Gasteiger partial charge is 0.329 e. The highest BCUT2D eigenvalue weighted by Gasteiger charge is 2.28. The summed E-state index contributed by atoms with van der Waals surface area (Å²) in [5, 5.41) is 5.99. The van der Waals surface area contributed by atoms with Crippen molar-refractivity contribution in [2.45, 2.75) is 464 Å². The van der Waals surface area contributed by atoms with Crippen LogP contribution in [0.2, 0.25) is 0 Å². The summed E-state index contributed by atoms with van der Waals surface area (Å²) in [5.41, 5.74) is 6.28. The summed E-state index contributed by atoms with van der Waals surface area (Å²) in [6.07, 6.45) is 79.4. The molecule has 0 aromatic carbocycles. The van der Waals surface area contributed by atoms with Crippen molar-refractivity contribution in [1.29, 1.82) is 0 Å². The molecule has 0 saturated carbocycles. The van der Waals surface area contributed by atoms with E-state index in [4.69, 9.17) is 24.7 Å². The van der Waals surface area contributed by atoms with E-state index in [1.807, 2.05) is 0 Å². The van der Waals surface area contributed by atoms with Crippen LogP contribution in [0.3, 0.4) is 0 Å². The highest BCUT2D eigenvalue weighted by molar-refractivity contribution is 5.86. The minimum atomic E-state index is -1.19. The van der Waals surface area contributed by atoms with Gasteiger partial charge in [0.05, 0.1) is 39.3 Å². The topological polar surface area (TPSA) is 194 Å². The number of nitrogens with two attached hydrogens (primary N) is 1. The van der Waals surface area contributed by atoms with Crippen LogP contribution in [0, 0.1) is 0 Å². The molecule has 1 heterocycles. The second-order valence-corrected chi connectivity index (χ2v) is 29.1. The maximum Gasteiger partial charge on any atom is 0.329 e. The molecule has 0 aliphatic carbocycles. The van der Waals surface area contributed by atoms with Crippen LogP contribution in [0.25, 0.3) is 0 Å². The third-order valence-electron chi connectivity index (χ3n) is 19.6. The molecule has 0 aliphatic rings. The fourth-order valence-electron chi connectivity index (χ4n) is 13.2. The quantitative estimate of drug-likeness (QED) is 0.0317. The van der Waals surface area contributed by atoms with Crippen molar-refractivity contribution in [1.82, 2.24) is 15.0 Å². The van der Waals surface area contributed by atoms with Gasteiger partial charge in [0.15, 0.2) is 0 Å². The second-order valence-electron chi connectivity index (χ2n) is 29.1. The van der Waals surface area contributed by atoms with Gasteiger partial charge in [0, 0.05) is 0 Å². The van der Waals surface area contributed by atoms with Gasteiger partial charge in [0.2, 0.25) is 17.8 Å². The molecule has 0 saturated heterocycles. The van der Waals surface area contributed by atoms with Crippen molar-refractivity contribution in [3.8, 4) is 0 Å². The van der Waals surface area contributed by atoms with Gasteiger partial charge in [-0.25, -0.2) is 9.59 Å². The number of nitrogens with zero attached hydrogens (tertiary/aromatic N) is 3. The minimum absolute atomic E-state index is 0.101. The molecule has 1 aromatic heterocycles. The molecule has 97 heavy (non-hydrogen) atoms. The Labute approximate surface area is 598 Å². The maximum atomic E-state index is 13.9. The summed E-state index contributed by atoms with van der Waals surface area (Å²) < 4.78 is 23.0. The van der Waals surface area contributed by atoms with Crippen LogP contribution < -0.4 is 16.4 Å². The predicted octanol–water partition coefficient (Wildman–Crippen LogP) is 25.0. The minimum Gasteiger partial charge on any atom is -0.466 e. The molecule has 1 rings (SSSR count). The molecule has 0 radical (unpaired) electrons. The Balaban J connectivity index is 2.89. The molecule has 14 heteroatoms. The van der Waals surface area contributed by atoms with E-state index in [2.05, 4.69) is 53.3 Å². The molecule has 568 valence electrons. The fourth-order valence-corrected chi connectivity index (χ4v) is 13.2.